The smallest absolute Gasteiger partial charge is 0.202 e. The van der Waals surface area contributed by atoms with Crippen LogP contribution >= 0.6 is 11.5 Å². The lowest BCUT2D eigenvalue weighted by atomic mass is 9.96. The number of nitrogens with zero attached hydrogens (tertiary/aromatic N) is 2. The summed E-state index contributed by atoms with van der Waals surface area (Å²) < 4.78 is 9.65. The van der Waals surface area contributed by atoms with Crippen LogP contribution in [0.25, 0.3) is 0 Å². The Hall–Kier alpha value is -0.680. The van der Waals surface area contributed by atoms with Crippen molar-refractivity contribution in [2.45, 2.75) is 38.6 Å². The predicted octanol–water partition coefficient (Wildman–Crippen LogP) is 2.04. The molecule has 1 atom stereocenters. The molecule has 0 bridgehead atoms. The molecule has 4 nitrogen and oxygen atoms in total. The molecule has 1 aliphatic heterocycles. The van der Waals surface area contributed by atoms with E-state index in [1.807, 2.05) is 0 Å². The summed E-state index contributed by atoms with van der Waals surface area (Å²) in [6.45, 7) is 8.00. The van der Waals surface area contributed by atoms with E-state index in [9.17, 15) is 0 Å². The number of rotatable bonds is 2. The van der Waals surface area contributed by atoms with Crippen LogP contribution in [0.2, 0.25) is 0 Å². The second kappa shape index (κ2) is 4.06. The van der Waals surface area contributed by atoms with Crippen LogP contribution in [0.15, 0.2) is 0 Å². The van der Waals surface area contributed by atoms with Crippen LogP contribution in [0.3, 0.4) is 0 Å². The molecule has 1 aromatic heterocycles. The maximum absolute atomic E-state index is 5.30. The molecule has 1 N–H and O–H groups in total. The summed E-state index contributed by atoms with van der Waals surface area (Å²) in [4.78, 5) is 4.49. The van der Waals surface area contributed by atoms with E-state index in [0.717, 1.165) is 30.6 Å². The first-order valence-electron chi connectivity index (χ1n) is 5.24. The average Bonchev–Trinajstić information content (AvgIpc) is 2.73. The monoisotopic (exact) mass is 227 g/mol. The minimum Gasteiger partial charge on any atom is -0.379 e. The Morgan fingerprint density at radius 3 is 2.80 bits per heavy atom. The van der Waals surface area contributed by atoms with Crippen LogP contribution in [0, 0.1) is 0 Å². The molecule has 1 unspecified atom stereocenters. The first-order valence-corrected chi connectivity index (χ1v) is 6.01. The lowest BCUT2D eigenvalue weighted by Gasteiger charge is -2.12. The topological polar surface area (TPSA) is 47.0 Å². The average molecular weight is 227 g/mol. The molecule has 15 heavy (non-hydrogen) atoms. The number of nitrogens with one attached hydrogen (secondary N) is 1. The Labute approximate surface area is 94.2 Å². The van der Waals surface area contributed by atoms with Gasteiger partial charge in [-0.15, -0.1) is 0 Å². The predicted molar refractivity (Wildman–Crippen MR) is 61.5 cm³/mol. The largest absolute Gasteiger partial charge is 0.379 e. The maximum atomic E-state index is 5.30. The minimum atomic E-state index is 0.0304. The van der Waals surface area contributed by atoms with E-state index in [4.69, 9.17) is 4.74 Å². The molecule has 1 saturated heterocycles. The van der Waals surface area contributed by atoms with E-state index in [1.165, 1.54) is 11.5 Å². The van der Waals surface area contributed by atoms with Crippen LogP contribution in [0.5, 0.6) is 0 Å². The van der Waals surface area contributed by atoms with Gasteiger partial charge in [0.05, 0.1) is 12.6 Å². The van der Waals surface area contributed by atoms with Crippen LogP contribution in [0.1, 0.15) is 33.0 Å². The molecule has 0 aliphatic carbocycles. The summed E-state index contributed by atoms with van der Waals surface area (Å²) in [5.41, 5.74) is 0.0304. The second-order valence-corrected chi connectivity index (χ2v) is 5.63. The van der Waals surface area contributed by atoms with Crippen molar-refractivity contribution in [2.24, 2.45) is 0 Å². The van der Waals surface area contributed by atoms with Crippen LogP contribution in [0.4, 0.5) is 5.13 Å². The highest BCUT2D eigenvalue weighted by molar-refractivity contribution is 7.09. The van der Waals surface area contributed by atoms with Crippen molar-refractivity contribution in [3.05, 3.63) is 5.82 Å². The summed E-state index contributed by atoms with van der Waals surface area (Å²) >= 11 is 1.44. The van der Waals surface area contributed by atoms with E-state index in [1.54, 1.807) is 0 Å². The Morgan fingerprint density at radius 2 is 2.27 bits per heavy atom. The molecule has 0 radical (unpaired) electrons. The molecule has 0 amide bonds. The van der Waals surface area contributed by atoms with Gasteiger partial charge in [-0.2, -0.15) is 4.37 Å². The fourth-order valence-electron chi connectivity index (χ4n) is 1.41. The van der Waals surface area contributed by atoms with E-state index < -0.39 is 0 Å². The summed E-state index contributed by atoms with van der Waals surface area (Å²) in [6, 6.07) is 0.408. The van der Waals surface area contributed by atoms with Gasteiger partial charge < -0.3 is 10.1 Å². The summed E-state index contributed by atoms with van der Waals surface area (Å²) in [5.74, 6) is 0.911. The van der Waals surface area contributed by atoms with Gasteiger partial charge in [0.25, 0.3) is 0 Å². The van der Waals surface area contributed by atoms with Gasteiger partial charge >= 0.3 is 0 Å². The van der Waals surface area contributed by atoms with Gasteiger partial charge in [-0.3, -0.25) is 0 Å². The van der Waals surface area contributed by atoms with Crippen molar-refractivity contribution in [3.63, 3.8) is 0 Å². The number of hydrogen-bond acceptors (Lipinski definition) is 5. The summed E-state index contributed by atoms with van der Waals surface area (Å²) in [5, 5.41) is 4.27. The summed E-state index contributed by atoms with van der Waals surface area (Å²) in [7, 11) is 0. The molecule has 2 rings (SSSR count). The van der Waals surface area contributed by atoms with E-state index >= 15 is 0 Å². The number of hydrogen-bond donors (Lipinski definition) is 1. The maximum Gasteiger partial charge on any atom is 0.202 e. The second-order valence-electron chi connectivity index (χ2n) is 4.88. The van der Waals surface area contributed by atoms with Gasteiger partial charge in [0.15, 0.2) is 0 Å². The Kier molecular flexibility index (Phi) is 2.93. The molecule has 1 fully saturated rings. The Balaban J connectivity index is 2.00. The number of aromatic nitrogens is 2. The lowest BCUT2D eigenvalue weighted by Crippen LogP contribution is -2.19. The number of ether oxygens (including phenoxy) is 1. The SMILES string of the molecule is CC(C)(C)c1nsc(NC2CCOC2)n1. The quantitative estimate of drug-likeness (QED) is 0.840. The highest BCUT2D eigenvalue weighted by atomic mass is 32.1. The molecule has 0 saturated carbocycles. The molecule has 1 aliphatic rings. The lowest BCUT2D eigenvalue weighted by molar-refractivity contribution is 0.195. The van der Waals surface area contributed by atoms with Crippen LogP contribution < -0.4 is 5.32 Å². The molecular weight excluding hydrogens is 210 g/mol. The number of anilines is 1. The van der Waals surface area contributed by atoms with E-state index in [-0.39, 0.29) is 5.41 Å². The zero-order valence-electron chi connectivity index (χ0n) is 9.41. The fraction of sp³-hybridized carbons (Fsp3) is 0.800. The minimum absolute atomic E-state index is 0.0304. The van der Waals surface area contributed by atoms with E-state index in [2.05, 4.69) is 35.4 Å². The highest BCUT2D eigenvalue weighted by Gasteiger charge is 2.21. The molecule has 2 heterocycles. The van der Waals surface area contributed by atoms with Crippen molar-refractivity contribution >= 4 is 16.7 Å². The van der Waals surface area contributed by atoms with Crippen molar-refractivity contribution < 1.29 is 4.74 Å². The molecular formula is C10H17N3OS. The highest BCUT2D eigenvalue weighted by Crippen LogP contribution is 2.24. The standard InChI is InChI=1S/C10H17N3OS/c1-10(2,3)8-12-9(15-13-8)11-7-4-5-14-6-7/h7H,4-6H2,1-3H3,(H,11,12,13). The zero-order valence-corrected chi connectivity index (χ0v) is 10.2. The van der Waals surface area contributed by atoms with Gasteiger partial charge in [0, 0.05) is 23.6 Å². The van der Waals surface area contributed by atoms with Crippen molar-refractivity contribution in [3.8, 4) is 0 Å². The van der Waals surface area contributed by atoms with Gasteiger partial charge in [-0.25, -0.2) is 4.98 Å². The third-order valence-electron chi connectivity index (χ3n) is 2.35. The van der Waals surface area contributed by atoms with Crippen molar-refractivity contribution in [1.29, 1.82) is 0 Å². The molecule has 1 aromatic rings. The fourth-order valence-corrected chi connectivity index (χ4v) is 2.24. The molecule has 84 valence electrons. The van der Waals surface area contributed by atoms with Crippen LogP contribution in [-0.4, -0.2) is 28.6 Å². The third-order valence-corrected chi connectivity index (χ3v) is 3.00. The Bertz CT molecular complexity index is 326. The molecule has 0 aromatic carbocycles. The third kappa shape index (κ3) is 2.66. The van der Waals surface area contributed by atoms with Gasteiger partial charge in [0.2, 0.25) is 5.13 Å². The van der Waals surface area contributed by atoms with Crippen molar-refractivity contribution in [2.75, 3.05) is 18.5 Å². The first kappa shape index (κ1) is 10.8. The van der Waals surface area contributed by atoms with Crippen LogP contribution in [-0.2, 0) is 10.2 Å². The normalized spacial score (nSPS) is 21.9. The Morgan fingerprint density at radius 1 is 1.47 bits per heavy atom. The zero-order chi connectivity index (χ0) is 10.9. The molecule has 0 spiro atoms. The van der Waals surface area contributed by atoms with Gasteiger partial charge in [0.1, 0.15) is 5.82 Å². The first-order chi connectivity index (χ1) is 7.05. The molecule has 5 heteroatoms. The van der Waals surface area contributed by atoms with Gasteiger partial charge in [-0.05, 0) is 6.42 Å². The summed E-state index contributed by atoms with van der Waals surface area (Å²) in [6.07, 6.45) is 1.06. The van der Waals surface area contributed by atoms with Gasteiger partial charge in [-0.1, -0.05) is 20.8 Å². The van der Waals surface area contributed by atoms with Crippen molar-refractivity contribution in [1.82, 2.24) is 9.36 Å². The van der Waals surface area contributed by atoms with E-state index in [0.29, 0.717) is 6.04 Å².